The molecule has 2 aromatic rings. The zero-order valence-corrected chi connectivity index (χ0v) is 11.9. The minimum atomic E-state index is -0.255. The summed E-state index contributed by atoms with van der Waals surface area (Å²) >= 11 is 3.38. The number of H-pyrrole nitrogens is 1. The van der Waals surface area contributed by atoms with Gasteiger partial charge in [0.05, 0.1) is 18.1 Å². The molecular weight excluding hydrogens is 310 g/mol. The fraction of sp³-hybridized carbons (Fsp3) is 0.417. The molecule has 1 unspecified atom stereocenters. The Hall–Kier alpha value is -1.47. The van der Waals surface area contributed by atoms with Crippen LogP contribution in [0.5, 0.6) is 0 Å². The van der Waals surface area contributed by atoms with Crippen molar-refractivity contribution in [2.75, 3.05) is 6.54 Å². The Labute approximate surface area is 118 Å². The second kappa shape index (κ2) is 4.90. The highest BCUT2D eigenvalue weighted by Crippen LogP contribution is 2.20. The molecule has 0 saturated carbocycles. The number of nitrogens with one attached hydrogen (secondary N) is 1. The number of halogens is 1. The maximum absolute atomic E-state index is 11.4. The highest BCUT2D eigenvalue weighted by atomic mass is 79.9. The summed E-state index contributed by atoms with van der Waals surface area (Å²) in [6.07, 6.45) is 3.55. The molecule has 2 aromatic heterocycles. The first-order valence-corrected chi connectivity index (χ1v) is 6.96. The number of fused-ring (bicyclic) bond motifs is 1. The lowest BCUT2D eigenvalue weighted by atomic mass is 10.2. The van der Waals surface area contributed by atoms with Crippen LogP contribution in [-0.2, 0) is 11.3 Å². The van der Waals surface area contributed by atoms with Crippen LogP contribution in [0.4, 0.5) is 0 Å². The summed E-state index contributed by atoms with van der Waals surface area (Å²) in [5, 5.41) is 0. The van der Waals surface area contributed by atoms with Crippen LogP contribution in [0.3, 0.4) is 0 Å². The Bertz CT molecular complexity index is 626. The quantitative estimate of drug-likeness (QED) is 0.887. The van der Waals surface area contributed by atoms with Crippen molar-refractivity contribution < 1.29 is 4.79 Å². The van der Waals surface area contributed by atoms with Crippen LogP contribution >= 0.6 is 15.9 Å². The molecule has 0 aromatic carbocycles. The van der Waals surface area contributed by atoms with Gasteiger partial charge in [-0.15, -0.1) is 0 Å². The molecule has 0 spiro atoms. The van der Waals surface area contributed by atoms with Gasteiger partial charge < -0.3 is 10.7 Å². The summed E-state index contributed by atoms with van der Waals surface area (Å²) < 4.78 is 0.909. The highest BCUT2D eigenvalue weighted by molar-refractivity contribution is 9.10. The number of primary amides is 1. The van der Waals surface area contributed by atoms with Crippen LogP contribution in [0.1, 0.15) is 18.7 Å². The average Bonchev–Trinajstić information content (AvgIpc) is 2.95. The minimum Gasteiger partial charge on any atom is -0.368 e. The van der Waals surface area contributed by atoms with Crippen molar-refractivity contribution in [2.45, 2.75) is 25.4 Å². The molecule has 7 heteroatoms. The second-order valence-corrected chi connectivity index (χ2v) is 5.65. The number of nitrogens with zero attached hydrogens (tertiary/aromatic N) is 3. The summed E-state index contributed by atoms with van der Waals surface area (Å²) in [4.78, 5) is 25.3. The molecule has 6 nitrogen and oxygen atoms in total. The number of aromatic nitrogens is 3. The number of aromatic amines is 1. The summed E-state index contributed by atoms with van der Waals surface area (Å²) in [5.74, 6) is 0.559. The van der Waals surface area contributed by atoms with Gasteiger partial charge in [0.2, 0.25) is 5.91 Å². The lowest BCUT2D eigenvalue weighted by molar-refractivity contribution is -0.122. The first kappa shape index (κ1) is 12.6. The van der Waals surface area contributed by atoms with Crippen molar-refractivity contribution in [3.63, 3.8) is 0 Å². The number of carbonyl (C=O) groups excluding carboxylic acids is 1. The number of hydrogen-bond donors (Lipinski definition) is 2. The van der Waals surface area contributed by atoms with E-state index in [4.69, 9.17) is 5.73 Å². The van der Waals surface area contributed by atoms with Crippen molar-refractivity contribution in [1.82, 2.24) is 19.9 Å². The SMILES string of the molecule is NC(=O)C1CCCN1Cc1nc2ncc(Br)cc2[nH]1. The average molecular weight is 324 g/mol. The first-order chi connectivity index (χ1) is 9.13. The molecule has 1 aliphatic rings. The van der Waals surface area contributed by atoms with Gasteiger partial charge in [-0.1, -0.05) is 0 Å². The predicted octanol–water partition coefficient (Wildman–Crippen LogP) is 1.17. The van der Waals surface area contributed by atoms with Gasteiger partial charge >= 0.3 is 0 Å². The second-order valence-electron chi connectivity index (χ2n) is 4.74. The molecular formula is C12H14BrN5O. The third kappa shape index (κ3) is 2.48. The van der Waals surface area contributed by atoms with Gasteiger partial charge in [0.15, 0.2) is 5.65 Å². The van der Waals surface area contributed by atoms with Crippen LogP contribution in [0.2, 0.25) is 0 Å². The smallest absolute Gasteiger partial charge is 0.234 e. The van der Waals surface area contributed by atoms with Crippen LogP contribution in [0.15, 0.2) is 16.7 Å². The largest absolute Gasteiger partial charge is 0.368 e. The molecule has 3 N–H and O–H groups in total. The van der Waals surface area contributed by atoms with Crippen molar-refractivity contribution in [3.05, 3.63) is 22.6 Å². The summed E-state index contributed by atoms with van der Waals surface area (Å²) in [7, 11) is 0. The topological polar surface area (TPSA) is 87.9 Å². The summed E-state index contributed by atoms with van der Waals surface area (Å²) in [6, 6.07) is 1.77. The molecule has 1 fully saturated rings. The Morgan fingerprint density at radius 2 is 2.47 bits per heavy atom. The van der Waals surface area contributed by atoms with Gasteiger partial charge in [-0.05, 0) is 41.4 Å². The van der Waals surface area contributed by atoms with Gasteiger partial charge in [-0.2, -0.15) is 0 Å². The number of pyridine rings is 1. The number of imidazole rings is 1. The van der Waals surface area contributed by atoms with Crippen LogP contribution in [0.25, 0.3) is 11.2 Å². The minimum absolute atomic E-state index is 0.173. The predicted molar refractivity (Wildman–Crippen MR) is 74.2 cm³/mol. The number of amides is 1. The monoisotopic (exact) mass is 323 g/mol. The maximum Gasteiger partial charge on any atom is 0.234 e. The molecule has 3 heterocycles. The molecule has 19 heavy (non-hydrogen) atoms. The van der Waals surface area contributed by atoms with Gasteiger partial charge in [0.1, 0.15) is 5.82 Å². The molecule has 0 bridgehead atoms. The van der Waals surface area contributed by atoms with Crippen molar-refractivity contribution in [2.24, 2.45) is 5.73 Å². The Morgan fingerprint density at radius 1 is 1.63 bits per heavy atom. The summed E-state index contributed by atoms with van der Waals surface area (Å²) in [6.45, 7) is 1.48. The van der Waals surface area contributed by atoms with Crippen LogP contribution in [-0.4, -0.2) is 38.3 Å². The Balaban J connectivity index is 1.83. The standard InChI is InChI=1S/C12H14BrN5O/c13-7-4-8-12(15-5-7)17-10(16-8)6-18-3-1-2-9(18)11(14)19/h4-5,9H,1-3,6H2,(H2,14,19)(H,15,16,17). The Kier molecular flexibility index (Phi) is 3.24. The van der Waals surface area contributed by atoms with E-state index in [1.54, 1.807) is 6.20 Å². The van der Waals surface area contributed by atoms with Gasteiger partial charge in [0, 0.05) is 10.7 Å². The third-order valence-corrected chi connectivity index (χ3v) is 3.83. The molecule has 1 atom stereocenters. The van der Waals surface area contributed by atoms with E-state index in [1.807, 2.05) is 6.07 Å². The molecule has 1 saturated heterocycles. The zero-order chi connectivity index (χ0) is 13.4. The molecule has 1 amide bonds. The van der Waals surface area contributed by atoms with Crippen molar-refractivity contribution in [1.29, 1.82) is 0 Å². The van der Waals surface area contributed by atoms with E-state index in [1.165, 1.54) is 0 Å². The first-order valence-electron chi connectivity index (χ1n) is 6.17. The fourth-order valence-electron chi connectivity index (χ4n) is 2.53. The number of carbonyl (C=O) groups is 1. The van der Waals surface area contributed by atoms with E-state index in [2.05, 4.69) is 35.8 Å². The van der Waals surface area contributed by atoms with E-state index >= 15 is 0 Å². The van der Waals surface area contributed by atoms with Crippen LogP contribution in [0, 0.1) is 0 Å². The maximum atomic E-state index is 11.4. The summed E-state index contributed by atoms with van der Waals surface area (Å²) in [5.41, 5.74) is 6.98. The van der Waals surface area contributed by atoms with E-state index in [0.29, 0.717) is 12.2 Å². The van der Waals surface area contributed by atoms with Gasteiger partial charge in [-0.3, -0.25) is 9.69 Å². The lowest BCUT2D eigenvalue weighted by Gasteiger charge is -2.20. The van der Waals surface area contributed by atoms with Crippen molar-refractivity contribution in [3.8, 4) is 0 Å². The normalized spacial score (nSPS) is 20.2. The number of likely N-dealkylation sites (tertiary alicyclic amines) is 1. The van der Waals surface area contributed by atoms with E-state index < -0.39 is 0 Å². The molecule has 1 aliphatic heterocycles. The molecule has 100 valence electrons. The third-order valence-electron chi connectivity index (χ3n) is 3.40. The number of rotatable bonds is 3. The van der Waals surface area contributed by atoms with E-state index in [-0.39, 0.29) is 11.9 Å². The number of hydrogen-bond acceptors (Lipinski definition) is 4. The lowest BCUT2D eigenvalue weighted by Crippen LogP contribution is -2.39. The fourth-order valence-corrected chi connectivity index (χ4v) is 2.86. The van der Waals surface area contributed by atoms with Gasteiger partial charge in [0.25, 0.3) is 0 Å². The van der Waals surface area contributed by atoms with E-state index in [9.17, 15) is 4.79 Å². The molecule has 3 rings (SSSR count). The van der Waals surface area contributed by atoms with E-state index in [0.717, 1.165) is 35.2 Å². The molecule has 0 aliphatic carbocycles. The van der Waals surface area contributed by atoms with Crippen molar-refractivity contribution >= 4 is 33.0 Å². The molecule has 0 radical (unpaired) electrons. The zero-order valence-electron chi connectivity index (χ0n) is 10.3. The Morgan fingerprint density at radius 3 is 3.26 bits per heavy atom. The van der Waals surface area contributed by atoms with Crippen LogP contribution < -0.4 is 5.73 Å². The highest BCUT2D eigenvalue weighted by Gasteiger charge is 2.29. The number of nitrogens with two attached hydrogens (primary N) is 1. The van der Waals surface area contributed by atoms with Gasteiger partial charge in [-0.25, -0.2) is 9.97 Å².